The van der Waals surface area contributed by atoms with Crippen molar-refractivity contribution >= 4 is 0 Å². The van der Waals surface area contributed by atoms with Gasteiger partial charge >= 0.3 is 0 Å². The highest BCUT2D eigenvalue weighted by Gasteiger charge is 2.04. The molecule has 1 atom stereocenters. The third-order valence-corrected chi connectivity index (χ3v) is 1.52. The smallest absolute Gasteiger partial charge is 0.0705 e. The van der Waals surface area contributed by atoms with E-state index in [2.05, 4.69) is 10.9 Å². The maximum absolute atomic E-state index is 8.74. The zero-order valence-corrected chi connectivity index (χ0v) is 6.57. The van der Waals surface area contributed by atoms with Crippen LogP contribution in [0.1, 0.15) is 17.3 Å². The molecule has 62 valence electrons. The van der Waals surface area contributed by atoms with Crippen LogP contribution in [0.25, 0.3) is 0 Å². The largest absolute Gasteiger partial charge is 0.394 e. The number of aromatic nitrogens is 1. The van der Waals surface area contributed by atoms with E-state index in [-0.39, 0.29) is 6.61 Å². The monoisotopic (exact) mass is 162 g/mol. The standard InChI is InChI=1S/C9H10N2O/c1-2-7-3-4-11-9(5-7)8(10)6-12/h1,3-5,8,12H,6,10H2. The molecule has 1 rings (SSSR count). The first-order valence-corrected chi connectivity index (χ1v) is 3.57. The van der Waals surface area contributed by atoms with E-state index >= 15 is 0 Å². The molecule has 3 heteroatoms. The molecule has 0 fully saturated rings. The van der Waals surface area contributed by atoms with Crippen molar-refractivity contribution in [3.63, 3.8) is 0 Å². The summed E-state index contributed by atoms with van der Waals surface area (Å²) < 4.78 is 0. The van der Waals surface area contributed by atoms with Gasteiger partial charge in [0.15, 0.2) is 0 Å². The van der Waals surface area contributed by atoms with E-state index in [1.54, 1.807) is 18.3 Å². The molecule has 12 heavy (non-hydrogen) atoms. The van der Waals surface area contributed by atoms with Gasteiger partial charge in [0.1, 0.15) is 0 Å². The lowest BCUT2D eigenvalue weighted by atomic mass is 10.1. The van der Waals surface area contributed by atoms with Gasteiger partial charge in [-0.25, -0.2) is 0 Å². The van der Waals surface area contributed by atoms with Gasteiger partial charge in [0.2, 0.25) is 0 Å². The summed E-state index contributed by atoms with van der Waals surface area (Å²) in [6.07, 6.45) is 6.76. The molecule has 0 bridgehead atoms. The van der Waals surface area contributed by atoms with Gasteiger partial charge in [0.25, 0.3) is 0 Å². The van der Waals surface area contributed by atoms with Crippen LogP contribution in [0.15, 0.2) is 18.3 Å². The van der Waals surface area contributed by atoms with Gasteiger partial charge in [0.05, 0.1) is 18.3 Å². The molecule has 1 heterocycles. The molecule has 3 nitrogen and oxygen atoms in total. The van der Waals surface area contributed by atoms with E-state index in [4.69, 9.17) is 17.3 Å². The first-order chi connectivity index (χ1) is 5.77. The number of terminal acetylenes is 1. The van der Waals surface area contributed by atoms with Crippen molar-refractivity contribution < 1.29 is 5.11 Å². The molecule has 0 aliphatic rings. The lowest BCUT2D eigenvalue weighted by Gasteiger charge is -2.06. The number of nitrogens with zero attached hydrogens (tertiary/aromatic N) is 1. The van der Waals surface area contributed by atoms with E-state index in [1.807, 2.05) is 0 Å². The minimum Gasteiger partial charge on any atom is -0.394 e. The van der Waals surface area contributed by atoms with Gasteiger partial charge in [-0.2, -0.15) is 0 Å². The lowest BCUT2D eigenvalue weighted by molar-refractivity contribution is 0.266. The molecule has 1 aromatic heterocycles. The first kappa shape index (κ1) is 8.72. The molecule has 0 amide bonds. The molecule has 0 aromatic carbocycles. The Balaban J connectivity index is 2.95. The van der Waals surface area contributed by atoms with E-state index < -0.39 is 6.04 Å². The van der Waals surface area contributed by atoms with Crippen molar-refractivity contribution in [2.45, 2.75) is 6.04 Å². The molecule has 1 unspecified atom stereocenters. The van der Waals surface area contributed by atoms with Crippen LogP contribution in [0.4, 0.5) is 0 Å². The normalized spacial score (nSPS) is 12.1. The minimum absolute atomic E-state index is 0.124. The van der Waals surface area contributed by atoms with Gasteiger partial charge in [-0.3, -0.25) is 4.98 Å². The Morgan fingerprint density at radius 2 is 2.50 bits per heavy atom. The Kier molecular flexibility index (Phi) is 2.81. The van der Waals surface area contributed by atoms with Crippen LogP contribution in [0.5, 0.6) is 0 Å². The van der Waals surface area contributed by atoms with Crippen molar-refractivity contribution in [3.05, 3.63) is 29.6 Å². The molecule has 0 aliphatic carbocycles. The zero-order valence-electron chi connectivity index (χ0n) is 6.57. The quantitative estimate of drug-likeness (QED) is 0.604. The summed E-state index contributed by atoms with van der Waals surface area (Å²) in [6.45, 7) is -0.124. The number of pyridine rings is 1. The third kappa shape index (κ3) is 1.82. The molecule has 0 spiro atoms. The van der Waals surface area contributed by atoms with Crippen LogP contribution in [0.2, 0.25) is 0 Å². The van der Waals surface area contributed by atoms with E-state index in [0.717, 1.165) is 5.56 Å². The highest BCUT2D eigenvalue weighted by Crippen LogP contribution is 2.07. The lowest BCUT2D eigenvalue weighted by Crippen LogP contribution is -2.15. The Morgan fingerprint density at radius 1 is 1.75 bits per heavy atom. The topological polar surface area (TPSA) is 59.1 Å². The highest BCUT2D eigenvalue weighted by atomic mass is 16.3. The predicted molar refractivity (Wildman–Crippen MR) is 46.2 cm³/mol. The molecular formula is C9H10N2O. The van der Waals surface area contributed by atoms with E-state index in [9.17, 15) is 0 Å². The Hall–Kier alpha value is -1.37. The van der Waals surface area contributed by atoms with Gasteiger partial charge in [-0.15, -0.1) is 6.42 Å². The van der Waals surface area contributed by atoms with Gasteiger partial charge in [0, 0.05) is 11.8 Å². The van der Waals surface area contributed by atoms with Crippen LogP contribution in [0.3, 0.4) is 0 Å². The van der Waals surface area contributed by atoms with Gasteiger partial charge in [-0.05, 0) is 12.1 Å². The summed E-state index contributed by atoms with van der Waals surface area (Å²) in [5.74, 6) is 2.47. The SMILES string of the molecule is C#Cc1ccnc(C(N)CO)c1. The third-order valence-electron chi connectivity index (χ3n) is 1.52. The zero-order chi connectivity index (χ0) is 8.97. The molecule has 3 N–H and O–H groups in total. The van der Waals surface area contributed by atoms with Crippen LogP contribution in [-0.4, -0.2) is 16.7 Å². The molecule has 0 saturated carbocycles. The molecular weight excluding hydrogens is 152 g/mol. The summed E-state index contributed by atoms with van der Waals surface area (Å²) in [7, 11) is 0. The second-order valence-electron chi connectivity index (χ2n) is 2.40. The van der Waals surface area contributed by atoms with Gasteiger partial charge in [-0.1, -0.05) is 5.92 Å². The number of hydrogen-bond donors (Lipinski definition) is 2. The average Bonchev–Trinajstić information content (AvgIpc) is 2.17. The van der Waals surface area contributed by atoms with Crippen molar-refractivity contribution in [1.82, 2.24) is 4.98 Å². The van der Waals surface area contributed by atoms with Gasteiger partial charge < -0.3 is 10.8 Å². The fourth-order valence-electron chi connectivity index (χ4n) is 0.834. The second-order valence-corrected chi connectivity index (χ2v) is 2.40. The van der Waals surface area contributed by atoms with Crippen LogP contribution < -0.4 is 5.73 Å². The minimum atomic E-state index is -0.446. The molecule has 0 radical (unpaired) electrons. The summed E-state index contributed by atoms with van der Waals surface area (Å²) in [6, 6.07) is 2.97. The number of aliphatic hydroxyl groups excluding tert-OH is 1. The van der Waals surface area contributed by atoms with Crippen molar-refractivity contribution in [1.29, 1.82) is 0 Å². The number of rotatable bonds is 2. The average molecular weight is 162 g/mol. The highest BCUT2D eigenvalue weighted by molar-refractivity contribution is 5.32. The molecule has 1 aromatic rings. The predicted octanol–water partition coefficient (Wildman–Crippen LogP) is 0.0550. The molecule has 0 aliphatic heterocycles. The fraction of sp³-hybridized carbons (Fsp3) is 0.222. The summed E-state index contributed by atoms with van der Waals surface area (Å²) in [5.41, 5.74) is 6.88. The Bertz CT molecular complexity index is 304. The fourth-order valence-corrected chi connectivity index (χ4v) is 0.834. The van der Waals surface area contributed by atoms with Crippen molar-refractivity contribution in [3.8, 4) is 12.3 Å². The van der Waals surface area contributed by atoms with Crippen molar-refractivity contribution in [2.75, 3.05) is 6.61 Å². The molecule has 0 saturated heterocycles. The number of aliphatic hydroxyl groups is 1. The number of hydrogen-bond acceptors (Lipinski definition) is 3. The first-order valence-electron chi connectivity index (χ1n) is 3.57. The van der Waals surface area contributed by atoms with Crippen LogP contribution in [-0.2, 0) is 0 Å². The van der Waals surface area contributed by atoms with Crippen molar-refractivity contribution in [2.24, 2.45) is 5.73 Å². The van der Waals surface area contributed by atoms with Crippen LogP contribution in [0, 0.1) is 12.3 Å². The van der Waals surface area contributed by atoms with E-state index in [0.29, 0.717) is 5.69 Å². The Labute approximate surface area is 71.2 Å². The maximum atomic E-state index is 8.74. The second kappa shape index (κ2) is 3.86. The Morgan fingerprint density at radius 3 is 3.08 bits per heavy atom. The summed E-state index contributed by atoms with van der Waals surface area (Å²) >= 11 is 0. The number of nitrogens with two attached hydrogens (primary N) is 1. The maximum Gasteiger partial charge on any atom is 0.0705 e. The summed E-state index contributed by atoms with van der Waals surface area (Å²) in [5, 5.41) is 8.74. The summed E-state index contributed by atoms with van der Waals surface area (Å²) in [4.78, 5) is 3.98. The van der Waals surface area contributed by atoms with E-state index in [1.165, 1.54) is 0 Å². The van der Waals surface area contributed by atoms with Crippen LogP contribution >= 0.6 is 0 Å².